The average molecular weight is 276 g/mol. The molecular weight excluding hydrogens is 252 g/mol. The Balaban J connectivity index is 1.67. The summed E-state index contributed by atoms with van der Waals surface area (Å²) >= 11 is 0. The molecule has 5 nitrogen and oxygen atoms in total. The van der Waals surface area contributed by atoms with Crippen LogP contribution in [-0.2, 0) is 0 Å². The van der Waals surface area contributed by atoms with Crippen LogP contribution >= 0.6 is 0 Å². The zero-order valence-corrected chi connectivity index (χ0v) is 12.4. The lowest BCUT2D eigenvalue weighted by Gasteiger charge is -2.19. The number of H-pyrrole nitrogens is 1. The van der Waals surface area contributed by atoms with Crippen molar-refractivity contribution < 1.29 is 4.79 Å². The van der Waals surface area contributed by atoms with E-state index >= 15 is 0 Å². The number of amides is 1. The molecule has 2 aliphatic rings. The Morgan fingerprint density at radius 3 is 2.50 bits per heavy atom. The predicted molar refractivity (Wildman–Crippen MR) is 77.7 cm³/mol. The average Bonchev–Trinajstić information content (AvgIpc) is 3.04. The Morgan fingerprint density at radius 2 is 1.95 bits per heavy atom. The minimum Gasteiger partial charge on any atom is -0.337 e. The Bertz CT molecular complexity index is 468. The third kappa shape index (κ3) is 2.59. The summed E-state index contributed by atoms with van der Waals surface area (Å²) < 4.78 is 0. The first-order chi connectivity index (χ1) is 9.65. The van der Waals surface area contributed by atoms with E-state index in [4.69, 9.17) is 0 Å². The van der Waals surface area contributed by atoms with Crippen LogP contribution in [0.15, 0.2) is 6.07 Å². The van der Waals surface area contributed by atoms with Crippen molar-refractivity contribution in [2.24, 2.45) is 11.8 Å². The van der Waals surface area contributed by atoms with Crippen molar-refractivity contribution in [3.8, 4) is 0 Å². The van der Waals surface area contributed by atoms with Crippen LogP contribution in [0.3, 0.4) is 0 Å². The molecule has 1 amide bonds. The maximum Gasteiger partial charge on any atom is 0.274 e. The molecule has 0 unspecified atom stereocenters. The predicted octanol–water partition coefficient (Wildman–Crippen LogP) is 1.60. The molecule has 110 valence electrons. The van der Waals surface area contributed by atoms with E-state index in [9.17, 15) is 4.79 Å². The van der Waals surface area contributed by atoms with Crippen LogP contribution in [-0.4, -0.2) is 47.2 Å². The monoisotopic (exact) mass is 276 g/mol. The van der Waals surface area contributed by atoms with E-state index in [-0.39, 0.29) is 5.91 Å². The van der Waals surface area contributed by atoms with Crippen LogP contribution < -0.4 is 5.32 Å². The Morgan fingerprint density at radius 1 is 1.30 bits per heavy atom. The molecule has 5 heteroatoms. The SMILES string of the molecule is CC(C)c1cc(C(=O)N2CC[C@@H]3CNC[C@@H]3CC2)n[nH]1. The van der Waals surface area contributed by atoms with Crippen LogP contribution in [0.1, 0.15) is 48.8 Å². The summed E-state index contributed by atoms with van der Waals surface area (Å²) in [6.45, 7) is 8.17. The van der Waals surface area contributed by atoms with Gasteiger partial charge in [-0.1, -0.05) is 13.8 Å². The first-order valence-corrected chi connectivity index (χ1v) is 7.70. The summed E-state index contributed by atoms with van der Waals surface area (Å²) in [6.07, 6.45) is 2.23. The Hall–Kier alpha value is -1.36. The van der Waals surface area contributed by atoms with Crippen LogP contribution in [0, 0.1) is 11.8 Å². The molecule has 2 saturated heterocycles. The quantitative estimate of drug-likeness (QED) is 0.862. The molecule has 2 N–H and O–H groups in total. The van der Waals surface area contributed by atoms with Crippen molar-refractivity contribution >= 4 is 5.91 Å². The molecule has 0 bridgehead atoms. The molecule has 2 fully saturated rings. The summed E-state index contributed by atoms with van der Waals surface area (Å²) in [4.78, 5) is 14.5. The Kier molecular flexibility index (Phi) is 3.78. The molecule has 1 aromatic heterocycles. The third-order valence-corrected chi connectivity index (χ3v) is 4.75. The van der Waals surface area contributed by atoms with E-state index in [0.29, 0.717) is 11.6 Å². The highest BCUT2D eigenvalue weighted by atomic mass is 16.2. The third-order valence-electron chi connectivity index (χ3n) is 4.75. The van der Waals surface area contributed by atoms with Crippen LogP contribution in [0.4, 0.5) is 0 Å². The molecule has 0 aliphatic carbocycles. The van der Waals surface area contributed by atoms with Crippen LogP contribution in [0.5, 0.6) is 0 Å². The van der Waals surface area contributed by atoms with E-state index in [1.807, 2.05) is 11.0 Å². The highest BCUT2D eigenvalue weighted by Crippen LogP contribution is 2.27. The summed E-state index contributed by atoms with van der Waals surface area (Å²) in [5, 5.41) is 10.6. The maximum absolute atomic E-state index is 12.5. The van der Waals surface area contributed by atoms with E-state index in [0.717, 1.165) is 56.6 Å². The number of nitrogens with one attached hydrogen (secondary N) is 2. The number of aromatic nitrogens is 2. The summed E-state index contributed by atoms with van der Waals surface area (Å²) in [5.41, 5.74) is 1.60. The molecule has 20 heavy (non-hydrogen) atoms. The lowest BCUT2D eigenvalue weighted by atomic mass is 9.92. The van der Waals surface area contributed by atoms with Gasteiger partial charge in [-0.15, -0.1) is 0 Å². The van der Waals surface area contributed by atoms with E-state index in [1.165, 1.54) is 0 Å². The van der Waals surface area contributed by atoms with Gasteiger partial charge in [-0.2, -0.15) is 5.10 Å². The van der Waals surface area contributed by atoms with Crippen molar-refractivity contribution in [2.45, 2.75) is 32.6 Å². The number of hydrogen-bond acceptors (Lipinski definition) is 3. The lowest BCUT2D eigenvalue weighted by molar-refractivity contribution is 0.0752. The van der Waals surface area contributed by atoms with Gasteiger partial charge < -0.3 is 10.2 Å². The fourth-order valence-corrected chi connectivity index (χ4v) is 3.33. The van der Waals surface area contributed by atoms with Gasteiger partial charge in [0.05, 0.1) is 0 Å². The van der Waals surface area contributed by atoms with Gasteiger partial charge in [0.2, 0.25) is 0 Å². The van der Waals surface area contributed by atoms with Gasteiger partial charge in [-0.3, -0.25) is 9.89 Å². The molecule has 3 rings (SSSR count). The van der Waals surface area contributed by atoms with Crippen molar-refractivity contribution in [3.63, 3.8) is 0 Å². The highest BCUT2D eigenvalue weighted by molar-refractivity contribution is 5.92. The van der Waals surface area contributed by atoms with Crippen LogP contribution in [0.2, 0.25) is 0 Å². The summed E-state index contributed by atoms with van der Waals surface area (Å²) in [6, 6.07) is 1.90. The number of carbonyl (C=O) groups is 1. The fraction of sp³-hybridized carbons (Fsp3) is 0.733. The van der Waals surface area contributed by atoms with Crippen molar-refractivity contribution in [3.05, 3.63) is 17.5 Å². The fourth-order valence-electron chi connectivity index (χ4n) is 3.33. The first-order valence-electron chi connectivity index (χ1n) is 7.70. The molecular formula is C15H24N4O. The van der Waals surface area contributed by atoms with Gasteiger partial charge >= 0.3 is 0 Å². The first kappa shape index (κ1) is 13.6. The van der Waals surface area contributed by atoms with Gasteiger partial charge in [0.1, 0.15) is 5.69 Å². The standard InChI is InChI=1S/C15H24N4O/c1-10(2)13-7-14(18-17-13)15(20)19-5-3-11-8-16-9-12(11)4-6-19/h7,10-12,16H,3-6,8-9H2,1-2H3,(H,17,18)/t11-,12+. The molecule has 2 atom stereocenters. The van der Waals surface area contributed by atoms with E-state index in [1.54, 1.807) is 0 Å². The van der Waals surface area contributed by atoms with Crippen molar-refractivity contribution in [1.82, 2.24) is 20.4 Å². The summed E-state index contributed by atoms with van der Waals surface area (Å²) in [7, 11) is 0. The van der Waals surface area contributed by atoms with Gasteiger partial charge in [0.25, 0.3) is 5.91 Å². The van der Waals surface area contributed by atoms with Gasteiger partial charge in [-0.25, -0.2) is 0 Å². The van der Waals surface area contributed by atoms with Gasteiger partial charge in [0, 0.05) is 18.8 Å². The van der Waals surface area contributed by atoms with E-state index in [2.05, 4.69) is 29.4 Å². The second-order valence-electron chi connectivity index (χ2n) is 6.41. The lowest BCUT2D eigenvalue weighted by Crippen LogP contribution is -2.33. The van der Waals surface area contributed by atoms with Crippen LogP contribution in [0.25, 0.3) is 0 Å². The number of nitrogens with zero attached hydrogens (tertiary/aromatic N) is 2. The number of likely N-dealkylation sites (tertiary alicyclic amines) is 1. The summed E-state index contributed by atoms with van der Waals surface area (Å²) in [5.74, 6) is 1.95. The molecule has 0 aromatic carbocycles. The zero-order chi connectivity index (χ0) is 14.1. The highest BCUT2D eigenvalue weighted by Gasteiger charge is 2.32. The minimum absolute atomic E-state index is 0.0843. The normalized spacial score (nSPS) is 26.6. The number of carbonyl (C=O) groups excluding carboxylic acids is 1. The van der Waals surface area contributed by atoms with Crippen molar-refractivity contribution in [1.29, 1.82) is 0 Å². The topological polar surface area (TPSA) is 61.0 Å². The second-order valence-corrected chi connectivity index (χ2v) is 6.41. The molecule has 0 spiro atoms. The molecule has 1 aromatic rings. The smallest absolute Gasteiger partial charge is 0.274 e. The molecule has 0 saturated carbocycles. The largest absolute Gasteiger partial charge is 0.337 e. The van der Waals surface area contributed by atoms with Crippen molar-refractivity contribution in [2.75, 3.05) is 26.2 Å². The maximum atomic E-state index is 12.5. The second kappa shape index (κ2) is 5.56. The zero-order valence-electron chi connectivity index (χ0n) is 12.4. The number of hydrogen-bond donors (Lipinski definition) is 2. The number of rotatable bonds is 2. The molecule has 3 heterocycles. The van der Waals surface area contributed by atoms with E-state index < -0.39 is 0 Å². The minimum atomic E-state index is 0.0843. The molecule has 2 aliphatic heterocycles. The van der Waals surface area contributed by atoms with Gasteiger partial charge in [0.15, 0.2) is 0 Å². The molecule has 0 radical (unpaired) electrons. The Labute approximate surface area is 120 Å². The number of aromatic amines is 1. The number of fused-ring (bicyclic) bond motifs is 1. The van der Waals surface area contributed by atoms with Gasteiger partial charge in [-0.05, 0) is 49.8 Å².